The quantitative estimate of drug-likeness (QED) is 0.282. The van der Waals surface area contributed by atoms with Crippen LogP contribution in [-0.2, 0) is 9.47 Å². The van der Waals surface area contributed by atoms with E-state index in [1.54, 1.807) is 0 Å². The summed E-state index contributed by atoms with van der Waals surface area (Å²) in [6, 6.07) is 6.01. The van der Waals surface area contributed by atoms with E-state index in [0.29, 0.717) is 61.2 Å². The molecule has 0 radical (unpaired) electrons. The molecule has 0 unspecified atom stereocenters. The third-order valence-electron chi connectivity index (χ3n) is 8.92. The Morgan fingerprint density at radius 2 is 1.36 bits per heavy atom. The van der Waals surface area contributed by atoms with Crippen LogP contribution >= 0.6 is 0 Å². The van der Waals surface area contributed by atoms with Gasteiger partial charge in [0, 0.05) is 23.6 Å². The van der Waals surface area contributed by atoms with Gasteiger partial charge in [-0.05, 0) is 80.8 Å². The molecule has 0 N–H and O–H groups in total. The molecule has 1 aliphatic heterocycles. The van der Waals surface area contributed by atoms with Crippen LogP contribution in [0.4, 0.5) is 30.7 Å². The molecule has 0 amide bonds. The van der Waals surface area contributed by atoms with E-state index in [-0.39, 0.29) is 30.5 Å². The highest BCUT2D eigenvalue weighted by Crippen LogP contribution is 2.47. The SMILES string of the molecule is CC1COC(c2ccc(C3CCC(C4CCC(C(F)(F)Oc5cc(F)c(OC(F)F)c(F)c5)CC4)CC3)c(F)c2)OC1. The summed E-state index contributed by atoms with van der Waals surface area (Å²) in [4.78, 5) is 0. The van der Waals surface area contributed by atoms with Gasteiger partial charge >= 0.3 is 12.7 Å². The molecule has 0 atom stereocenters. The minimum Gasteiger partial charge on any atom is -0.432 e. The molecule has 0 spiro atoms. The predicted molar refractivity (Wildman–Crippen MR) is 139 cm³/mol. The molecular weight excluding hydrogens is 569 g/mol. The van der Waals surface area contributed by atoms with Crippen LogP contribution in [0, 0.1) is 41.1 Å². The molecule has 0 aromatic heterocycles. The molecule has 1 heterocycles. The number of benzene rings is 2. The van der Waals surface area contributed by atoms with E-state index >= 15 is 4.39 Å². The van der Waals surface area contributed by atoms with Crippen molar-refractivity contribution in [2.45, 2.75) is 83.2 Å². The summed E-state index contributed by atoms with van der Waals surface area (Å²) in [5, 5.41) is 0. The Morgan fingerprint density at radius 3 is 1.90 bits per heavy atom. The molecule has 2 saturated carbocycles. The molecule has 1 saturated heterocycles. The zero-order valence-electron chi connectivity index (χ0n) is 23.3. The second-order valence-corrected chi connectivity index (χ2v) is 11.9. The smallest absolute Gasteiger partial charge is 0.400 e. The predicted octanol–water partition coefficient (Wildman–Crippen LogP) is 9.14. The maximum Gasteiger partial charge on any atom is 0.400 e. The van der Waals surface area contributed by atoms with Crippen LogP contribution in [-0.4, -0.2) is 25.9 Å². The van der Waals surface area contributed by atoms with Crippen LogP contribution < -0.4 is 9.47 Å². The van der Waals surface area contributed by atoms with Gasteiger partial charge < -0.3 is 18.9 Å². The van der Waals surface area contributed by atoms with E-state index in [2.05, 4.69) is 9.47 Å². The fraction of sp³-hybridized carbons (Fsp3) is 0.613. The third kappa shape index (κ3) is 7.15. The minimum atomic E-state index is -3.69. The molecule has 42 heavy (non-hydrogen) atoms. The first-order valence-corrected chi connectivity index (χ1v) is 14.5. The van der Waals surface area contributed by atoms with Gasteiger partial charge in [-0.3, -0.25) is 0 Å². The van der Waals surface area contributed by atoms with Crippen molar-refractivity contribution in [1.29, 1.82) is 0 Å². The molecule has 4 nitrogen and oxygen atoms in total. The van der Waals surface area contributed by atoms with Crippen molar-refractivity contribution in [3.05, 3.63) is 58.9 Å². The molecule has 2 aliphatic carbocycles. The Bertz CT molecular complexity index is 1180. The van der Waals surface area contributed by atoms with Crippen molar-refractivity contribution in [3.8, 4) is 11.5 Å². The van der Waals surface area contributed by atoms with Crippen molar-refractivity contribution < 1.29 is 49.7 Å². The highest BCUT2D eigenvalue weighted by molar-refractivity contribution is 5.35. The van der Waals surface area contributed by atoms with Gasteiger partial charge in [-0.25, -0.2) is 13.2 Å². The molecule has 2 aromatic rings. The average Bonchev–Trinajstić information content (AvgIpc) is 2.95. The van der Waals surface area contributed by atoms with E-state index in [4.69, 9.17) is 9.47 Å². The lowest BCUT2D eigenvalue weighted by Crippen LogP contribution is -2.38. The Morgan fingerprint density at radius 1 is 0.786 bits per heavy atom. The number of hydrogen-bond acceptors (Lipinski definition) is 4. The molecular formula is C31H35F7O4. The van der Waals surface area contributed by atoms with Gasteiger partial charge in [0.2, 0.25) is 0 Å². The average molecular weight is 605 g/mol. The van der Waals surface area contributed by atoms with Gasteiger partial charge in [0.15, 0.2) is 23.7 Å². The van der Waals surface area contributed by atoms with Gasteiger partial charge in [0.05, 0.1) is 19.1 Å². The molecule has 3 aliphatic rings. The molecule has 11 heteroatoms. The van der Waals surface area contributed by atoms with Crippen molar-refractivity contribution in [1.82, 2.24) is 0 Å². The topological polar surface area (TPSA) is 36.9 Å². The van der Waals surface area contributed by atoms with E-state index in [9.17, 15) is 26.3 Å². The van der Waals surface area contributed by atoms with Crippen LogP contribution in [0.2, 0.25) is 0 Å². The van der Waals surface area contributed by atoms with Gasteiger partial charge in [-0.15, -0.1) is 0 Å². The fourth-order valence-electron chi connectivity index (χ4n) is 6.68. The van der Waals surface area contributed by atoms with Crippen molar-refractivity contribution in [2.24, 2.45) is 23.7 Å². The number of alkyl halides is 4. The summed E-state index contributed by atoms with van der Waals surface area (Å²) in [5.74, 6) is -5.67. The summed E-state index contributed by atoms with van der Waals surface area (Å²) < 4.78 is 117. The van der Waals surface area contributed by atoms with Crippen molar-refractivity contribution >= 4 is 0 Å². The van der Waals surface area contributed by atoms with Gasteiger partial charge in [-0.2, -0.15) is 17.6 Å². The lowest BCUT2D eigenvalue weighted by Gasteiger charge is -2.39. The summed E-state index contributed by atoms with van der Waals surface area (Å²) >= 11 is 0. The standard InChI is InChI=1S/C31H35F7O4/c1-17-15-39-29(40-16-17)21-8-11-24(25(32)12-21)20-4-2-18(3-5-20)19-6-9-22(10-7-19)31(37,38)42-23-13-26(33)28(27(34)14-23)41-30(35)36/h8,11-14,17-20,22,29-30H,2-7,9-10,15-16H2,1H3. The summed E-state index contributed by atoms with van der Waals surface area (Å²) in [6.07, 6.45) is 0.625. The summed E-state index contributed by atoms with van der Waals surface area (Å²) in [6.45, 7) is -0.305. The maximum atomic E-state index is 15.1. The second-order valence-electron chi connectivity index (χ2n) is 11.9. The van der Waals surface area contributed by atoms with E-state index in [1.807, 2.05) is 19.1 Å². The fourth-order valence-corrected chi connectivity index (χ4v) is 6.68. The van der Waals surface area contributed by atoms with Gasteiger partial charge in [0.25, 0.3) is 0 Å². The van der Waals surface area contributed by atoms with Gasteiger partial charge in [-0.1, -0.05) is 19.1 Å². The molecule has 5 rings (SSSR count). The Balaban J connectivity index is 1.11. The minimum absolute atomic E-state index is 0.0934. The number of ether oxygens (including phenoxy) is 4. The monoisotopic (exact) mass is 604 g/mol. The number of halogens is 7. The van der Waals surface area contributed by atoms with E-state index < -0.39 is 48.1 Å². The van der Waals surface area contributed by atoms with Crippen LogP contribution in [0.5, 0.6) is 11.5 Å². The second kappa shape index (κ2) is 13.0. The van der Waals surface area contributed by atoms with E-state index in [0.717, 1.165) is 25.7 Å². The number of hydrogen-bond donors (Lipinski definition) is 0. The first-order chi connectivity index (χ1) is 20.0. The molecule has 2 aromatic carbocycles. The third-order valence-corrected chi connectivity index (χ3v) is 8.92. The lowest BCUT2D eigenvalue weighted by atomic mass is 9.68. The zero-order valence-corrected chi connectivity index (χ0v) is 23.3. The van der Waals surface area contributed by atoms with E-state index in [1.165, 1.54) is 6.07 Å². The van der Waals surface area contributed by atoms with Crippen LogP contribution in [0.25, 0.3) is 0 Å². The lowest BCUT2D eigenvalue weighted by molar-refractivity contribution is -0.224. The Kier molecular flexibility index (Phi) is 9.56. The van der Waals surface area contributed by atoms with Crippen LogP contribution in [0.3, 0.4) is 0 Å². The number of rotatable bonds is 8. The summed E-state index contributed by atoms with van der Waals surface area (Å²) in [5.41, 5.74) is 1.35. The van der Waals surface area contributed by atoms with Crippen LogP contribution in [0.1, 0.15) is 81.6 Å². The molecule has 0 bridgehead atoms. The molecule has 232 valence electrons. The van der Waals surface area contributed by atoms with Crippen molar-refractivity contribution in [3.63, 3.8) is 0 Å². The largest absolute Gasteiger partial charge is 0.432 e. The highest BCUT2D eigenvalue weighted by atomic mass is 19.3. The normalized spacial score (nSPS) is 29.0. The highest BCUT2D eigenvalue weighted by Gasteiger charge is 2.45. The first-order valence-electron chi connectivity index (χ1n) is 14.5. The Hall–Kier alpha value is -2.53. The van der Waals surface area contributed by atoms with Crippen molar-refractivity contribution in [2.75, 3.05) is 13.2 Å². The Labute approximate surface area is 240 Å². The van der Waals surface area contributed by atoms with Crippen LogP contribution in [0.15, 0.2) is 30.3 Å². The summed E-state index contributed by atoms with van der Waals surface area (Å²) in [7, 11) is 0. The van der Waals surface area contributed by atoms with Gasteiger partial charge in [0.1, 0.15) is 11.6 Å². The zero-order chi connectivity index (χ0) is 30.0. The molecule has 3 fully saturated rings. The first kappa shape index (κ1) is 30.9. The maximum absolute atomic E-state index is 15.1.